The number of nitrogens with zero attached hydrogens (tertiary/aromatic N) is 3. The van der Waals surface area contributed by atoms with Crippen LogP contribution in [0.3, 0.4) is 0 Å². The summed E-state index contributed by atoms with van der Waals surface area (Å²) in [5, 5.41) is 7.19. The molecule has 0 bridgehead atoms. The highest BCUT2D eigenvalue weighted by molar-refractivity contribution is 7.20. The zero-order valence-electron chi connectivity index (χ0n) is 17.5. The van der Waals surface area contributed by atoms with Crippen LogP contribution in [0.4, 0.5) is 5.82 Å². The molecule has 1 aliphatic heterocycles. The molecule has 158 valence electrons. The number of pyridine rings is 2. The number of carbonyl (C=O) groups is 1. The van der Waals surface area contributed by atoms with Crippen molar-refractivity contribution < 1.29 is 9.53 Å². The first-order chi connectivity index (χ1) is 14.6. The molecule has 7 nitrogen and oxygen atoms in total. The van der Waals surface area contributed by atoms with E-state index in [1.165, 1.54) is 11.3 Å². The quantitative estimate of drug-likeness (QED) is 0.630. The Hall–Kier alpha value is -2.55. The summed E-state index contributed by atoms with van der Waals surface area (Å²) in [4.78, 5) is 25.7. The molecule has 1 aliphatic rings. The average molecular weight is 426 g/mol. The Kier molecular flexibility index (Phi) is 6.26. The van der Waals surface area contributed by atoms with Crippen molar-refractivity contribution in [3.8, 4) is 0 Å². The highest BCUT2D eigenvalue weighted by atomic mass is 32.1. The van der Waals surface area contributed by atoms with E-state index in [9.17, 15) is 4.79 Å². The summed E-state index contributed by atoms with van der Waals surface area (Å²) < 4.78 is 6.18. The number of amides is 1. The number of aromatic nitrogens is 2. The lowest BCUT2D eigenvalue weighted by molar-refractivity contribution is -0.0322. The van der Waals surface area contributed by atoms with Gasteiger partial charge in [0.05, 0.1) is 12.7 Å². The van der Waals surface area contributed by atoms with Crippen LogP contribution < -0.4 is 10.6 Å². The monoisotopic (exact) mass is 425 g/mol. The summed E-state index contributed by atoms with van der Waals surface area (Å²) in [5.74, 6) is 0.830. The van der Waals surface area contributed by atoms with Crippen molar-refractivity contribution in [2.24, 2.45) is 0 Å². The van der Waals surface area contributed by atoms with Gasteiger partial charge in [-0.1, -0.05) is 12.1 Å². The number of hydrogen-bond donors (Lipinski definition) is 2. The van der Waals surface area contributed by atoms with Crippen LogP contribution in [0, 0.1) is 0 Å². The smallest absolute Gasteiger partial charge is 0.262 e. The van der Waals surface area contributed by atoms with Crippen LogP contribution in [-0.4, -0.2) is 53.6 Å². The molecular weight excluding hydrogens is 398 g/mol. The van der Waals surface area contributed by atoms with Crippen molar-refractivity contribution in [1.82, 2.24) is 20.2 Å². The number of carbonyl (C=O) groups excluding carboxylic acids is 1. The second-order valence-electron chi connectivity index (χ2n) is 7.68. The number of ether oxygens (including phenoxy) is 1. The highest BCUT2D eigenvalue weighted by Gasteiger charge is 2.30. The van der Waals surface area contributed by atoms with Crippen molar-refractivity contribution in [2.45, 2.75) is 32.5 Å². The summed E-state index contributed by atoms with van der Waals surface area (Å²) in [7, 11) is 1.89. The predicted octanol–water partition coefficient (Wildman–Crippen LogP) is 3.44. The number of fused-ring (bicyclic) bond motifs is 1. The minimum absolute atomic E-state index is 0.0616. The van der Waals surface area contributed by atoms with Gasteiger partial charge in [0, 0.05) is 61.6 Å². The number of morpholine rings is 1. The minimum atomic E-state index is -0.181. The minimum Gasteiger partial charge on any atom is -0.373 e. The van der Waals surface area contributed by atoms with Crippen LogP contribution in [-0.2, 0) is 11.3 Å². The maximum atomic E-state index is 12.9. The van der Waals surface area contributed by atoms with E-state index in [2.05, 4.69) is 31.6 Å². The lowest BCUT2D eigenvalue weighted by Crippen LogP contribution is -2.39. The SMILES string of the molecule is CNc1ncccc1CN1CCO[C@H](c2c(C(=O)NC(C)C)sc3ncccc23)C1. The summed E-state index contributed by atoms with van der Waals surface area (Å²) in [6.45, 7) is 6.87. The number of anilines is 1. The Bertz CT molecular complexity index is 1040. The molecular formula is C22H27N5O2S. The van der Waals surface area contributed by atoms with Crippen LogP contribution in [0.2, 0.25) is 0 Å². The third-order valence-electron chi connectivity index (χ3n) is 5.13. The molecule has 0 spiro atoms. The summed E-state index contributed by atoms with van der Waals surface area (Å²) in [6, 6.07) is 8.06. The third kappa shape index (κ3) is 4.30. The number of hydrogen-bond acceptors (Lipinski definition) is 7. The van der Waals surface area contributed by atoms with E-state index >= 15 is 0 Å². The van der Waals surface area contributed by atoms with Crippen LogP contribution in [0.1, 0.15) is 40.8 Å². The van der Waals surface area contributed by atoms with Gasteiger partial charge >= 0.3 is 0 Å². The molecule has 0 saturated carbocycles. The molecule has 1 amide bonds. The molecule has 1 atom stereocenters. The van der Waals surface area contributed by atoms with Gasteiger partial charge in [-0.3, -0.25) is 9.69 Å². The van der Waals surface area contributed by atoms with Crippen LogP contribution in [0.25, 0.3) is 10.2 Å². The fraction of sp³-hybridized carbons (Fsp3) is 0.409. The van der Waals surface area contributed by atoms with E-state index < -0.39 is 0 Å². The molecule has 1 saturated heterocycles. The lowest BCUT2D eigenvalue weighted by Gasteiger charge is -2.33. The lowest BCUT2D eigenvalue weighted by atomic mass is 10.0. The molecule has 3 aromatic heterocycles. The molecule has 3 aromatic rings. The van der Waals surface area contributed by atoms with Gasteiger partial charge in [0.15, 0.2) is 0 Å². The second kappa shape index (κ2) is 9.07. The van der Waals surface area contributed by atoms with E-state index in [0.717, 1.165) is 40.3 Å². The van der Waals surface area contributed by atoms with Crippen molar-refractivity contribution in [3.63, 3.8) is 0 Å². The Morgan fingerprint density at radius 1 is 1.30 bits per heavy atom. The van der Waals surface area contributed by atoms with E-state index in [4.69, 9.17) is 4.74 Å². The number of rotatable bonds is 6. The first-order valence-electron chi connectivity index (χ1n) is 10.2. The Balaban J connectivity index is 1.63. The van der Waals surface area contributed by atoms with Crippen LogP contribution in [0.15, 0.2) is 36.7 Å². The van der Waals surface area contributed by atoms with Gasteiger partial charge < -0.3 is 15.4 Å². The maximum Gasteiger partial charge on any atom is 0.262 e. The van der Waals surface area contributed by atoms with Gasteiger partial charge in [-0.05, 0) is 26.0 Å². The van der Waals surface area contributed by atoms with E-state index in [1.807, 2.05) is 39.1 Å². The van der Waals surface area contributed by atoms with Gasteiger partial charge in [-0.15, -0.1) is 11.3 Å². The molecule has 8 heteroatoms. The molecule has 0 aromatic carbocycles. The van der Waals surface area contributed by atoms with Gasteiger partial charge in [-0.2, -0.15) is 0 Å². The fourth-order valence-corrected chi connectivity index (χ4v) is 4.92. The topological polar surface area (TPSA) is 79.4 Å². The van der Waals surface area contributed by atoms with Crippen molar-refractivity contribution >= 4 is 33.3 Å². The van der Waals surface area contributed by atoms with Crippen molar-refractivity contribution in [1.29, 1.82) is 0 Å². The summed E-state index contributed by atoms with van der Waals surface area (Å²) >= 11 is 1.44. The highest BCUT2D eigenvalue weighted by Crippen LogP contribution is 2.37. The molecule has 1 fully saturated rings. The first kappa shape index (κ1) is 20.7. The molecule has 4 heterocycles. The van der Waals surface area contributed by atoms with Crippen LogP contribution >= 0.6 is 11.3 Å². The zero-order valence-corrected chi connectivity index (χ0v) is 18.3. The van der Waals surface area contributed by atoms with Gasteiger partial charge in [-0.25, -0.2) is 9.97 Å². The van der Waals surface area contributed by atoms with Gasteiger partial charge in [0.25, 0.3) is 5.91 Å². The molecule has 0 unspecified atom stereocenters. The molecule has 0 aliphatic carbocycles. The predicted molar refractivity (Wildman–Crippen MR) is 120 cm³/mol. The maximum absolute atomic E-state index is 12.9. The number of nitrogens with one attached hydrogen (secondary N) is 2. The average Bonchev–Trinajstić information content (AvgIpc) is 3.14. The fourth-order valence-electron chi connectivity index (χ4n) is 3.82. The van der Waals surface area contributed by atoms with Crippen molar-refractivity contribution in [3.05, 3.63) is 52.7 Å². The first-order valence-corrected chi connectivity index (χ1v) is 11.0. The molecule has 30 heavy (non-hydrogen) atoms. The van der Waals surface area contributed by atoms with E-state index in [-0.39, 0.29) is 18.1 Å². The Morgan fingerprint density at radius 2 is 2.10 bits per heavy atom. The Labute approximate surface area is 180 Å². The third-order valence-corrected chi connectivity index (χ3v) is 6.25. The summed E-state index contributed by atoms with van der Waals surface area (Å²) in [5.41, 5.74) is 2.10. The molecule has 4 rings (SSSR count). The zero-order chi connectivity index (χ0) is 21.1. The van der Waals surface area contributed by atoms with E-state index in [0.29, 0.717) is 18.0 Å². The van der Waals surface area contributed by atoms with Gasteiger partial charge in [0.2, 0.25) is 0 Å². The normalized spacial score (nSPS) is 17.4. The van der Waals surface area contributed by atoms with Gasteiger partial charge in [0.1, 0.15) is 15.5 Å². The molecule has 0 radical (unpaired) electrons. The standard InChI is InChI=1S/C22H27N5O2S/c1-14(2)26-21(28)19-18(16-7-5-9-25-22(16)30-19)17-13-27(10-11-29-17)12-15-6-4-8-24-20(15)23-3/h4-9,14,17H,10-13H2,1-3H3,(H,23,24)(H,26,28)/t17-/m0/s1. The Morgan fingerprint density at radius 3 is 2.90 bits per heavy atom. The largest absolute Gasteiger partial charge is 0.373 e. The van der Waals surface area contributed by atoms with Crippen molar-refractivity contribution in [2.75, 3.05) is 32.1 Å². The molecule has 2 N–H and O–H groups in total. The van der Waals surface area contributed by atoms with Crippen LogP contribution in [0.5, 0.6) is 0 Å². The second-order valence-corrected chi connectivity index (χ2v) is 8.68. The number of thiophene rings is 1. The summed E-state index contributed by atoms with van der Waals surface area (Å²) in [6.07, 6.45) is 3.38. The van der Waals surface area contributed by atoms with E-state index in [1.54, 1.807) is 12.4 Å².